The predicted molar refractivity (Wildman–Crippen MR) is 139 cm³/mol. The van der Waals surface area contributed by atoms with Crippen molar-refractivity contribution >= 4 is 34.7 Å². The molecule has 0 bridgehead atoms. The predicted octanol–water partition coefficient (Wildman–Crippen LogP) is 5.27. The molecule has 37 heavy (non-hydrogen) atoms. The van der Waals surface area contributed by atoms with Gasteiger partial charge < -0.3 is 15.0 Å². The molecule has 3 aromatic carbocycles. The number of ether oxygens (including phenoxy) is 1. The van der Waals surface area contributed by atoms with Crippen LogP contribution in [0.5, 0.6) is 0 Å². The Balaban J connectivity index is 1.48. The van der Waals surface area contributed by atoms with E-state index in [1.807, 2.05) is 4.90 Å². The van der Waals surface area contributed by atoms with Gasteiger partial charge in [0.1, 0.15) is 5.69 Å². The lowest BCUT2D eigenvalue weighted by molar-refractivity contribution is -0.384. The Morgan fingerprint density at radius 3 is 2.24 bits per heavy atom. The highest BCUT2D eigenvalue weighted by Crippen LogP contribution is 2.31. The Labute approximate surface area is 214 Å². The van der Waals surface area contributed by atoms with Gasteiger partial charge in [-0.2, -0.15) is 0 Å². The van der Waals surface area contributed by atoms with Gasteiger partial charge in [0.2, 0.25) is 0 Å². The van der Waals surface area contributed by atoms with Gasteiger partial charge in [-0.25, -0.2) is 4.79 Å². The highest BCUT2D eigenvalue weighted by molar-refractivity contribution is 6.09. The molecule has 1 fully saturated rings. The number of nitro benzene ring substituents is 1. The molecule has 0 aliphatic carbocycles. The summed E-state index contributed by atoms with van der Waals surface area (Å²) in [5, 5.41) is 14.5. The molecule has 1 amide bonds. The van der Waals surface area contributed by atoms with Gasteiger partial charge in [0.15, 0.2) is 12.4 Å². The molecule has 1 saturated heterocycles. The molecule has 190 valence electrons. The topological polar surface area (TPSA) is 119 Å². The molecule has 9 heteroatoms. The molecule has 0 atom stereocenters. The molecule has 9 nitrogen and oxygen atoms in total. The fourth-order valence-corrected chi connectivity index (χ4v) is 4.27. The van der Waals surface area contributed by atoms with E-state index in [0.717, 1.165) is 38.8 Å². The zero-order chi connectivity index (χ0) is 26.2. The Morgan fingerprint density at radius 1 is 0.865 bits per heavy atom. The molecule has 3 aromatic rings. The lowest BCUT2D eigenvalue weighted by atomic mass is 10.1. The molecular weight excluding hydrogens is 474 g/mol. The molecule has 1 aliphatic heterocycles. The number of nitrogens with zero attached hydrogens (tertiary/aromatic N) is 2. The van der Waals surface area contributed by atoms with Crippen molar-refractivity contribution in [1.82, 2.24) is 0 Å². The monoisotopic (exact) mass is 501 g/mol. The number of carbonyl (C=O) groups excluding carboxylic acids is 3. The van der Waals surface area contributed by atoms with E-state index in [1.165, 1.54) is 18.2 Å². The lowest BCUT2D eigenvalue weighted by Crippen LogP contribution is -2.25. The molecule has 0 radical (unpaired) electrons. The molecule has 0 aromatic heterocycles. The Bertz CT molecular complexity index is 1300. The Morgan fingerprint density at radius 2 is 1.54 bits per heavy atom. The zero-order valence-electron chi connectivity index (χ0n) is 20.2. The Hall–Kier alpha value is -4.53. The number of hydrogen-bond donors (Lipinski definition) is 1. The minimum atomic E-state index is -0.775. The van der Waals surface area contributed by atoms with Crippen LogP contribution in [-0.2, 0) is 4.74 Å². The number of rotatable bonds is 8. The van der Waals surface area contributed by atoms with Crippen LogP contribution in [0.1, 0.15) is 56.8 Å². The van der Waals surface area contributed by atoms with Crippen LogP contribution in [-0.4, -0.2) is 42.3 Å². The average Bonchev–Trinajstić information content (AvgIpc) is 3.21. The minimum Gasteiger partial charge on any atom is -0.454 e. The smallest absolute Gasteiger partial charge is 0.340 e. The van der Waals surface area contributed by atoms with Crippen LogP contribution in [0.4, 0.5) is 17.1 Å². The van der Waals surface area contributed by atoms with E-state index in [4.69, 9.17) is 4.74 Å². The third-order valence-corrected chi connectivity index (χ3v) is 6.21. The number of esters is 1. The first kappa shape index (κ1) is 25.6. The van der Waals surface area contributed by atoms with Gasteiger partial charge in [0.05, 0.1) is 16.2 Å². The van der Waals surface area contributed by atoms with Crippen LogP contribution < -0.4 is 10.2 Å². The summed E-state index contributed by atoms with van der Waals surface area (Å²) in [6.07, 6.45) is 4.10. The summed E-state index contributed by atoms with van der Waals surface area (Å²) in [6, 6.07) is 19.1. The van der Waals surface area contributed by atoms with Crippen molar-refractivity contribution in [2.75, 3.05) is 29.9 Å². The second-order valence-electron chi connectivity index (χ2n) is 8.73. The van der Waals surface area contributed by atoms with Gasteiger partial charge in [-0.15, -0.1) is 0 Å². The van der Waals surface area contributed by atoms with Crippen molar-refractivity contribution in [2.24, 2.45) is 0 Å². The quantitative estimate of drug-likeness (QED) is 0.193. The fourth-order valence-electron chi connectivity index (χ4n) is 4.27. The number of nitro groups is 1. The van der Waals surface area contributed by atoms with E-state index in [9.17, 15) is 24.5 Å². The molecule has 1 aliphatic rings. The van der Waals surface area contributed by atoms with Crippen molar-refractivity contribution in [3.63, 3.8) is 0 Å². The highest BCUT2D eigenvalue weighted by Gasteiger charge is 2.23. The second-order valence-corrected chi connectivity index (χ2v) is 8.73. The van der Waals surface area contributed by atoms with Crippen molar-refractivity contribution in [3.05, 3.63) is 99.6 Å². The average molecular weight is 502 g/mol. The first-order valence-corrected chi connectivity index (χ1v) is 12.1. The maximum Gasteiger partial charge on any atom is 0.340 e. The number of carbonyl (C=O) groups is 3. The third kappa shape index (κ3) is 6.38. The zero-order valence-corrected chi connectivity index (χ0v) is 20.2. The maximum atomic E-state index is 13.0. The number of benzene rings is 3. The number of Topliss-reactive ketones (excluding diaryl/α,β-unsaturated/α-hetero) is 1. The summed E-state index contributed by atoms with van der Waals surface area (Å²) in [7, 11) is 0. The minimum absolute atomic E-state index is 0.0624. The molecule has 1 heterocycles. The normalized spacial score (nSPS) is 13.4. The van der Waals surface area contributed by atoms with Crippen LogP contribution in [0, 0.1) is 10.1 Å². The van der Waals surface area contributed by atoms with Crippen LogP contribution >= 0.6 is 0 Å². The number of hydrogen-bond acceptors (Lipinski definition) is 7. The molecule has 0 unspecified atom stereocenters. The van der Waals surface area contributed by atoms with Crippen LogP contribution in [0.3, 0.4) is 0 Å². The summed E-state index contributed by atoms with van der Waals surface area (Å²) in [5.74, 6) is -1.74. The lowest BCUT2D eigenvalue weighted by Gasteiger charge is -2.22. The first-order valence-electron chi connectivity index (χ1n) is 12.1. The highest BCUT2D eigenvalue weighted by atomic mass is 16.6. The molecule has 0 saturated carbocycles. The van der Waals surface area contributed by atoms with E-state index in [1.54, 1.807) is 54.6 Å². The van der Waals surface area contributed by atoms with Gasteiger partial charge >= 0.3 is 5.97 Å². The summed E-state index contributed by atoms with van der Waals surface area (Å²) in [5.41, 5.74) is 1.10. The number of amides is 1. The van der Waals surface area contributed by atoms with Crippen LogP contribution in [0.25, 0.3) is 0 Å². The summed E-state index contributed by atoms with van der Waals surface area (Å²) < 4.78 is 5.18. The standard InChI is InChI=1S/C28H27N3O6/c32-26(20-10-4-3-5-11-20)19-37-28(34)22-12-6-7-13-23(22)29-27(33)21-14-15-24(25(18-21)31(35)36)30-16-8-1-2-9-17-30/h3-7,10-15,18H,1-2,8-9,16-17,19H2,(H,29,33). The van der Waals surface area contributed by atoms with E-state index in [0.29, 0.717) is 11.3 Å². The molecule has 0 spiro atoms. The van der Waals surface area contributed by atoms with E-state index >= 15 is 0 Å². The van der Waals surface area contributed by atoms with Crippen LogP contribution in [0.2, 0.25) is 0 Å². The van der Waals surface area contributed by atoms with Gasteiger partial charge in [0.25, 0.3) is 11.6 Å². The second kappa shape index (κ2) is 11.9. The van der Waals surface area contributed by atoms with Crippen molar-refractivity contribution in [2.45, 2.75) is 25.7 Å². The summed E-state index contributed by atoms with van der Waals surface area (Å²) in [4.78, 5) is 51.3. The van der Waals surface area contributed by atoms with Gasteiger partial charge in [0, 0.05) is 30.3 Å². The number of anilines is 2. The van der Waals surface area contributed by atoms with E-state index < -0.39 is 23.4 Å². The molecule has 4 rings (SSSR count). The number of nitrogens with one attached hydrogen (secondary N) is 1. The first-order chi connectivity index (χ1) is 17.9. The van der Waals surface area contributed by atoms with Gasteiger partial charge in [-0.05, 0) is 37.1 Å². The van der Waals surface area contributed by atoms with E-state index in [2.05, 4.69) is 5.32 Å². The van der Waals surface area contributed by atoms with Crippen molar-refractivity contribution in [1.29, 1.82) is 0 Å². The Kier molecular flexibility index (Phi) is 8.25. The van der Waals surface area contributed by atoms with Gasteiger partial charge in [-0.3, -0.25) is 19.7 Å². The third-order valence-electron chi connectivity index (χ3n) is 6.21. The SMILES string of the molecule is O=C(COC(=O)c1ccccc1NC(=O)c1ccc(N2CCCCCC2)c([N+](=O)[O-])c1)c1ccccc1. The molecule has 1 N–H and O–H groups in total. The van der Waals surface area contributed by atoms with Crippen molar-refractivity contribution < 1.29 is 24.0 Å². The van der Waals surface area contributed by atoms with E-state index in [-0.39, 0.29) is 28.3 Å². The number of ketones is 1. The van der Waals surface area contributed by atoms with Gasteiger partial charge in [-0.1, -0.05) is 55.3 Å². The molecular formula is C28H27N3O6. The summed E-state index contributed by atoms with van der Waals surface area (Å²) >= 11 is 0. The number of para-hydroxylation sites is 1. The van der Waals surface area contributed by atoms with Crippen LogP contribution in [0.15, 0.2) is 72.8 Å². The van der Waals surface area contributed by atoms with Crippen molar-refractivity contribution in [3.8, 4) is 0 Å². The maximum absolute atomic E-state index is 13.0. The summed E-state index contributed by atoms with van der Waals surface area (Å²) in [6.45, 7) is 1.01. The fraction of sp³-hybridized carbons (Fsp3) is 0.250. The largest absolute Gasteiger partial charge is 0.454 e.